The van der Waals surface area contributed by atoms with E-state index < -0.39 is 0 Å². The topological polar surface area (TPSA) is 72.2 Å². The van der Waals surface area contributed by atoms with E-state index in [0.717, 1.165) is 11.4 Å². The lowest BCUT2D eigenvalue weighted by molar-refractivity contribution is 0.384. The van der Waals surface area contributed by atoms with Crippen molar-refractivity contribution in [2.24, 2.45) is 0 Å². The molecule has 2 rings (SSSR count). The van der Waals surface area contributed by atoms with Crippen LogP contribution in [0.4, 0.5) is 11.7 Å². The van der Waals surface area contributed by atoms with Gasteiger partial charge in [-0.15, -0.1) is 5.10 Å². The van der Waals surface area contributed by atoms with Gasteiger partial charge in [-0.05, 0) is 45.0 Å². The van der Waals surface area contributed by atoms with Gasteiger partial charge in [-0.25, -0.2) is 0 Å². The van der Waals surface area contributed by atoms with Gasteiger partial charge in [-0.3, -0.25) is 0 Å². The average Bonchev–Trinajstić information content (AvgIpc) is 2.84. The standard InChI is InChI=1S/C14H20N4O2/c1-14(2,3)15-9-12-17-18-13(20-12)16-10-5-7-11(19-4)8-6-10/h5-8,15H,9H2,1-4H3,(H,16,18). The summed E-state index contributed by atoms with van der Waals surface area (Å²) in [5.41, 5.74) is 0.877. The number of benzene rings is 1. The van der Waals surface area contributed by atoms with Crippen molar-refractivity contribution in [2.45, 2.75) is 32.9 Å². The highest BCUT2D eigenvalue weighted by Gasteiger charge is 2.12. The molecule has 2 N–H and O–H groups in total. The molecular weight excluding hydrogens is 256 g/mol. The molecule has 0 saturated heterocycles. The van der Waals surface area contributed by atoms with Crippen LogP contribution in [0.15, 0.2) is 28.7 Å². The van der Waals surface area contributed by atoms with Crippen LogP contribution >= 0.6 is 0 Å². The summed E-state index contributed by atoms with van der Waals surface area (Å²) in [6, 6.07) is 7.87. The van der Waals surface area contributed by atoms with Crippen molar-refractivity contribution in [1.82, 2.24) is 15.5 Å². The molecular formula is C14H20N4O2. The summed E-state index contributed by atoms with van der Waals surface area (Å²) < 4.78 is 10.6. The van der Waals surface area contributed by atoms with Crippen LogP contribution in [-0.4, -0.2) is 22.8 Å². The molecule has 108 valence electrons. The molecule has 0 fully saturated rings. The highest BCUT2D eigenvalue weighted by Crippen LogP contribution is 2.19. The van der Waals surface area contributed by atoms with Crippen molar-refractivity contribution in [3.8, 4) is 5.75 Å². The Morgan fingerprint density at radius 3 is 2.45 bits per heavy atom. The van der Waals surface area contributed by atoms with Gasteiger partial charge in [0, 0.05) is 11.2 Å². The van der Waals surface area contributed by atoms with E-state index in [2.05, 4.69) is 41.6 Å². The van der Waals surface area contributed by atoms with Gasteiger partial charge in [0.25, 0.3) is 0 Å². The molecule has 0 bridgehead atoms. The predicted molar refractivity (Wildman–Crippen MR) is 77.2 cm³/mol. The second kappa shape index (κ2) is 5.92. The molecule has 0 radical (unpaired) electrons. The third kappa shape index (κ3) is 4.24. The molecule has 1 aromatic carbocycles. The van der Waals surface area contributed by atoms with Gasteiger partial charge in [0.2, 0.25) is 5.89 Å². The molecule has 0 amide bonds. The van der Waals surface area contributed by atoms with E-state index in [1.54, 1.807) is 7.11 Å². The number of hydrogen-bond acceptors (Lipinski definition) is 6. The third-order valence-corrected chi connectivity index (χ3v) is 2.58. The molecule has 0 aliphatic rings. The molecule has 0 spiro atoms. The number of methoxy groups -OCH3 is 1. The highest BCUT2D eigenvalue weighted by molar-refractivity contribution is 5.53. The maximum Gasteiger partial charge on any atom is 0.320 e. The molecule has 2 aromatic rings. The van der Waals surface area contributed by atoms with E-state index in [1.807, 2.05) is 24.3 Å². The van der Waals surface area contributed by atoms with Crippen LogP contribution in [0.3, 0.4) is 0 Å². The van der Waals surface area contributed by atoms with Gasteiger partial charge in [0.15, 0.2) is 0 Å². The normalized spacial score (nSPS) is 11.4. The summed E-state index contributed by atoms with van der Waals surface area (Å²) in [7, 11) is 1.63. The molecule has 1 aromatic heterocycles. The highest BCUT2D eigenvalue weighted by atomic mass is 16.5. The molecule has 0 aliphatic heterocycles. The fourth-order valence-corrected chi connectivity index (χ4v) is 1.51. The van der Waals surface area contributed by atoms with Crippen LogP contribution in [0.5, 0.6) is 5.75 Å². The molecule has 0 atom stereocenters. The maximum absolute atomic E-state index is 5.51. The van der Waals surface area contributed by atoms with Crippen molar-refractivity contribution in [2.75, 3.05) is 12.4 Å². The first-order valence-corrected chi connectivity index (χ1v) is 6.45. The first-order chi connectivity index (χ1) is 9.46. The van der Waals surface area contributed by atoms with E-state index in [-0.39, 0.29) is 5.54 Å². The van der Waals surface area contributed by atoms with E-state index in [0.29, 0.717) is 18.5 Å². The first kappa shape index (κ1) is 14.3. The van der Waals surface area contributed by atoms with Crippen molar-refractivity contribution in [1.29, 1.82) is 0 Å². The number of anilines is 2. The Labute approximate surface area is 118 Å². The fraction of sp³-hybridized carbons (Fsp3) is 0.429. The predicted octanol–water partition coefficient (Wildman–Crippen LogP) is 2.71. The number of nitrogens with one attached hydrogen (secondary N) is 2. The lowest BCUT2D eigenvalue weighted by Gasteiger charge is -2.18. The first-order valence-electron chi connectivity index (χ1n) is 6.45. The molecule has 6 nitrogen and oxygen atoms in total. The molecule has 20 heavy (non-hydrogen) atoms. The van der Waals surface area contributed by atoms with Crippen LogP contribution in [-0.2, 0) is 6.54 Å². The van der Waals surface area contributed by atoms with Gasteiger partial charge in [0.05, 0.1) is 13.7 Å². The van der Waals surface area contributed by atoms with Crippen LogP contribution in [0.1, 0.15) is 26.7 Å². The van der Waals surface area contributed by atoms with Crippen molar-refractivity contribution >= 4 is 11.7 Å². The van der Waals surface area contributed by atoms with E-state index in [4.69, 9.17) is 9.15 Å². The Morgan fingerprint density at radius 2 is 1.85 bits per heavy atom. The number of rotatable bonds is 5. The van der Waals surface area contributed by atoms with Gasteiger partial charge in [-0.1, -0.05) is 5.10 Å². The summed E-state index contributed by atoms with van der Waals surface area (Å²) in [5, 5.41) is 14.3. The van der Waals surface area contributed by atoms with Crippen LogP contribution in [0.2, 0.25) is 0 Å². The average molecular weight is 276 g/mol. The van der Waals surface area contributed by atoms with Gasteiger partial charge < -0.3 is 19.8 Å². The van der Waals surface area contributed by atoms with Crippen molar-refractivity contribution in [3.05, 3.63) is 30.2 Å². The number of ether oxygens (including phenoxy) is 1. The lowest BCUT2D eigenvalue weighted by atomic mass is 10.1. The Kier molecular flexibility index (Phi) is 4.24. The minimum atomic E-state index is 0.0119. The fourth-order valence-electron chi connectivity index (χ4n) is 1.51. The minimum Gasteiger partial charge on any atom is -0.497 e. The quantitative estimate of drug-likeness (QED) is 0.875. The Morgan fingerprint density at radius 1 is 1.15 bits per heavy atom. The smallest absolute Gasteiger partial charge is 0.320 e. The number of hydrogen-bond donors (Lipinski definition) is 2. The summed E-state index contributed by atoms with van der Waals surface area (Å²) in [6.07, 6.45) is 0. The molecule has 0 unspecified atom stereocenters. The summed E-state index contributed by atoms with van der Waals surface area (Å²) in [6.45, 7) is 6.79. The number of nitrogens with zero attached hydrogens (tertiary/aromatic N) is 2. The number of aromatic nitrogens is 2. The SMILES string of the molecule is COc1ccc(Nc2nnc(CNC(C)(C)C)o2)cc1. The summed E-state index contributed by atoms with van der Waals surface area (Å²) in [4.78, 5) is 0. The van der Waals surface area contributed by atoms with Crippen LogP contribution in [0, 0.1) is 0 Å². The Hall–Kier alpha value is -2.08. The minimum absolute atomic E-state index is 0.0119. The zero-order chi connectivity index (χ0) is 14.6. The second-order valence-electron chi connectivity index (χ2n) is 5.46. The lowest BCUT2D eigenvalue weighted by Crippen LogP contribution is -2.35. The van der Waals surface area contributed by atoms with Gasteiger partial charge in [0.1, 0.15) is 5.75 Å². The van der Waals surface area contributed by atoms with E-state index in [1.165, 1.54) is 0 Å². The molecule has 0 saturated carbocycles. The zero-order valence-electron chi connectivity index (χ0n) is 12.2. The van der Waals surface area contributed by atoms with Gasteiger partial charge in [-0.2, -0.15) is 0 Å². The maximum atomic E-state index is 5.51. The molecule has 6 heteroatoms. The molecule has 0 aliphatic carbocycles. The Bertz CT molecular complexity index is 543. The Balaban J connectivity index is 1.94. The van der Waals surface area contributed by atoms with Crippen molar-refractivity contribution in [3.63, 3.8) is 0 Å². The third-order valence-electron chi connectivity index (χ3n) is 2.58. The van der Waals surface area contributed by atoms with E-state index in [9.17, 15) is 0 Å². The second-order valence-corrected chi connectivity index (χ2v) is 5.46. The molecule has 1 heterocycles. The van der Waals surface area contributed by atoms with Crippen molar-refractivity contribution < 1.29 is 9.15 Å². The summed E-state index contributed by atoms with van der Waals surface area (Å²) >= 11 is 0. The monoisotopic (exact) mass is 276 g/mol. The van der Waals surface area contributed by atoms with E-state index >= 15 is 0 Å². The largest absolute Gasteiger partial charge is 0.497 e. The van der Waals surface area contributed by atoms with Gasteiger partial charge >= 0.3 is 6.01 Å². The summed E-state index contributed by atoms with van der Waals surface area (Å²) in [5.74, 6) is 1.35. The van der Waals surface area contributed by atoms with Crippen LogP contribution < -0.4 is 15.4 Å². The van der Waals surface area contributed by atoms with Crippen LogP contribution in [0.25, 0.3) is 0 Å². The zero-order valence-corrected chi connectivity index (χ0v) is 12.2.